The van der Waals surface area contributed by atoms with Gasteiger partial charge >= 0.3 is 0 Å². The Labute approximate surface area is 155 Å². The van der Waals surface area contributed by atoms with E-state index in [9.17, 15) is 9.59 Å². The summed E-state index contributed by atoms with van der Waals surface area (Å²) in [4.78, 5) is 26.2. The summed E-state index contributed by atoms with van der Waals surface area (Å²) >= 11 is 0. The van der Waals surface area contributed by atoms with Crippen molar-refractivity contribution in [1.82, 2.24) is 25.2 Å². The average molecular weight is 365 g/mol. The molecule has 1 N–H and O–H groups in total. The molecule has 1 fully saturated rings. The summed E-state index contributed by atoms with van der Waals surface area (Å²) in [5, 5.41) is 11.1. The molecule has 0 radical (unpaired) electrons. The Kier molecular flexibility index (Phi) is 4.45. The molecule has 0 aliphatic carbocycles. The van der Waals surface area contributed by atoms with Gasteiger partial charge in [0.25, 0.3) is 5.91 Å². The fraction of sp³-hybridized carbons (Fsp3) is 0.263. The molecule has 3 heterocycles. The predicted molar refractivity (Wildman–Crippen MR) is 96.7 cm³/mol. The van der Waals surface area contributed by atoms with Gasteiger partial charge in [0, 0.05) is 18.7 Å². The number of hydrogen-bond acceptors (Lipinski definition) is 5. The van der Waals surface area contributed by atoms with E-state index in [0.717, 1.165) is 11.3 Å². The molecule has 2 aromatic heterocycles. The van der Waals surface area contributed by atoms with Crippen molar-refractivity contribution in [3.8, 4) is 11.3 Å². The lowest BCUT2D eigenvalue weighted by Crippen LogP contribution is -2.56. The molecular weight excluding hydrogens is 346 g/mol. The van der Waals surface area contributed by atoms with Crippen molar-refractivity contribution in [2.24, 2.45) is 0 Å². The van der Waals surface area contributed by atoms with Gasteiger partial charge in [0.2, 0.25) is 5.91 Å². The smallest absolute Gasteiger partial charge is 0.255 e. The second-order valence-electron chi connectivity index (χ2n) is 6.55. The molecule has 0 spiro atoms. The van der Waals surface area contributed by atoms with E-state index >= 15 is 0 Å². The van der Waals surface area contributed by atoms with Gasteiger partial charge in [-0.25, -0.2) is 4.68 Å². The minimum Gasteiger partial charge on any atom is -0.472 e. The Morgan fingerprint density at radius 1 is 1.22 bits per heavy atom. The van der Waals surface area contributed by atoms with Gasteiger partial charge in [0.15, 0.2) is 0 Å². The van der Waals surface area contributed by atoms with Crippen molar-refractivity contribution in [2.45, 2.75) is 19.0 Å². The Balaban J connectivity index is 1.32. The summed E-state index contributed by atoms with van der Waals surface area (Å²) in [5.74, 6) is -0.447. The van der Waals surface area contributed by atoms with E-state index in [1.54, 1.807) is 22.6 Å². The molecule has 1 atom stereocenters. The van der Waals surface area contributed by atoms with Crippen LogP contribution in [-0.4, -0.2) is 50.8 Å². The van der Waals surface area contributed by atoms with Gasteiger partial charge in [0.1, 0.15) is 18.0 Å². The maximum atomic E-state index is 12.5. The van der Waals surface area contributed by atoms with Gasteiger partial charge in [-0.05, 0) is 13.0 Å². The van der Waals surface area contributed by atoms with E-state index < -0.39 is 6.04 Å². The number of aromatic nitrogens is 3. The predicted octanol–water partition coefficient (Wildman–Crippen LogP) is 1.74. The van der Waals surface area contributed by atoms with E-state index in [1.165, 1.54) is 12.5 Å². The zero-order valence-electron chi connectivity index (χ0n) is 14.8. The van der Waals surface area contributed by atoms with Crippen LogP contribution in [0.3, 0.4) is 0 Å². The molecule has 8 heteroatoms. The molecule has 1 saturated heterocycles. The molecule has 0 saturated carbocycles. The molecule has 1 aromatic carbocycles. The first kappa shape index (κ1) is 17.0. The van der Waals surface area contributed by atoms with E-state index in [-0.39, 0.29) is 17.9 Å². The summed E-state index contributed by atoms with van der Waals surface area (Å²) in [5.41, 5.74) is 2.21. The molecule has 8 nitrogen and oxygen atoms in total. The normalized spacial score (nSPS) is 15.2. The first-order chi connectivity index (χ1) is 13.1. The second kappa shape index (κ2) is 7.06. The van der Waals surface area contributed by atoms with Gasteiger partial charge in [-0.1, -0.05) is 35.5 Å². The van der Waals surface area contributed by atoms with E-state index in [4.69, 9.17) is 4.42 Å². The van der Waals surface area contributed by atoms with E-state index in [0.29, 0.717) is 18.7 Å². The lowest BCUT2D eigenvalue weighted by Gasteiger charge is -2.40. The van der Waals surface area contributed by atoms with Gasteiger partial charge in [-0.15, -0.1) is 5.10 Å². The van der Waals surface area contributed by atoms with Crippen LogP contribution in [0.15, 0.2) is 59.5 Å². The molecule has 2 amide bonds. The van der Waals surface area contributed by atoms with Crippen molar-refractivity contribution in [3.63, 3.8) is 0 Å². The zero-order valence-corrected chi connectivity index (χ0v) is 14.8. The maximum Gasteiger partial charge on any atom is 0.255 e. The summed E-state index contributed by atoms with van der Waals surface area (Å²) in [6, 6.07) is 10.9. The first-order valence-electron chi connectivity index (χ1n) is 8.71. The van der Waals surface area contributed by atoms with Crippen LogP contribution in [0.1, 0.15) is 23.3 Å². The topological polar surface area (TPSA) is 93.3 Å². The Morgan fingerprint density at radius 2 is 2.00 bits per heavy atom. The number of nitrogens with one attached hydrogen (secondary N) is 1. The van der Waals surface area contributed by atoms with Crippen molar-refractivity contribution >= 4 is 11.8 Å². The second-order valence-corrected chi connectivity index (χ2v) is 6.55. The standard InChI is InChI=1S/C19H19N5O3/c1-13(20-18(25)15-7-8-27-12-15)19(26)23-9-16(10-23)24-11-17(21-22-24)14-5-3-2-4-6-14/h2-8,11-13,16H,9-10H2,1H3,(H,20,25)/t13-/m1/s1. The lowest BCUT2D eigenvalue weighted by atomic mass is 10.1. The highest BCUT2D eigenvalue weighted by atomic mass is 16.3. The van der Waals surface area contributed by atoms with Crippen LogP contribution in [-0.2, 0) is 4.79 Å². The monoisotopic (exact) mass is 365 g/mol. The molecule has 4 rings (SSSR count). The number of nitrogens with zero attached hydrogens (tertiary/aromatic N) is 4. The Bertz CT molecular complexity index is 929. The molecule has 1 aliphatic rings. The van der Waals surface area contributed by atoms with Crippen LogP contribution in [0.25, 0.3) is 11.3 Å². The summed E-state index contributed by atoms with van der Waals surface area (Å²) < 4.78 is 6.68. The summed E-state index contributed by atoms with van der Waals surface area (Å²) in [6.45, 7) is 2.77. The third-order valence-corrected chi connectivity index (χ3v) is 4.63. The molecular formula is C19H19N5O3. The highest BCUT2D eigenvalue weighted by Gasteiger charge is 2.35. The minimum atomic E-state index is -0.607. The Morgan fingerprint density at radius 3 is 2.70 bits per heavy atom. The van der Waals surface area contributed by atoms with Crippen LogP contribution >= 0.6 is 0 Å². The van der Waals surface area contributed by atoms with Crippen LogP contribution < -0.4 is 5.32 Å². The first-order valence-corrected chi connectivity index (χ1v) is 8.71. The van der Waals surface area contributed by atoms with Crippen LogP contribution in [0.2, 0.25) is 0 Å². The van der Waals surface area contributed by atoms with Gasteiger partial charge < -0.3 is 14.6 Å². The highest BCUT2D eigenvalue weighted by molar-refractivity contribution is 5.97. The van der Waals surface area contributed by atoms with Crippen LogP contribution in [0.4, 0.5) is 0 Å². The number of carbonyl (C=O) groups is 2. The van der Waals surface area contributed by atoms with Crippen LogP contribution in [0.5, 0.6) is 0 Å². The molecule has 138 valence electrons. The molecule has 0 unspecified atom stereocenters. The van der Waals surface area contributed by atoms with Crippen molar-refractivity contribution < 1.29 is 14.0 Å². The fourth-order valence-corrected chi connectivity index (χ4v) is 3.01. The maximum absolute atomic E-state index is 12.5. The Hall–Kier alpha value is -3.42. The van der Waals surface area contributed by atoms with Gasteiger partial charge in [-0.2, -0.15) is 0 Å². The number of carbonyl (C=O) groups excluding carboxylic acids is 2. The molecule has 3 aromatic rings. The van der Waals surface area contributed by atoms with Crippen molar-refractivity contribution in [2.75, 3.05) is 13.1 Å². The van der Waals surface area contributed by atoms with Crippen molar-refractivity contribution in [3.05, 3.63) is 60.7 Å². The zero-order chi connectivity index (χ0) is 18.8. The van der Waals surface area contributed by atoms with Gasteiger partial charge in [0.05, 0.1) is 24.1 Å². The quantitative estimate of drug-likeness (QED) is 0.743. The molecule has 27 heavy (non-hydrogen) atoms. The van der Waals surface area contributed by atoms with E-state index in [2.05, 4.69) is 15.6 Å². The molecule has 0 bridgehead atoms. The minimum absolute atomic E-state index is 0.0932. The molecule has 1 aliphatic heterocycles. The third-order valence-electron chi connectivity index (χ3n) is 4.63. The number of benzene rings is 1. The number of hydrogen-bond donors (Lipinski definition) is 1. The third kappa shape index (κ3) is 3.46. The van der Waals surface area contributed by atoms with Crippen LogP contribution in [0, 0.1) is 0 Å². The van der Waals surface area contributed by atoms with E-state index in [1.807, 2.05) is 36.5 Å². The number of rotatable bonds is 5. The fourth-order valence-electron chi connectivity index (χ4n) is 3.01. The SMILES string of the molecule is C[C@@H](NC(=O)c1ccoc1)C(=O)N1CC(n2cc(-c3ccccc3)nn2)C1. The number of furan rings is 1. The van der Waals surface area contributed by atoms with Gasteiger partial charge in [-0.3, -0.25) is 9.59 Å². The number of likely N-dealkylation sites (tertiary alicyclic amines) is 1. The highest BCUT2D eigenvalue weighted by Crippen LogP contribution is 2.23. The lowest BCUT2D eigenvalue weighted by molar-refractivity contribution is -0.138. The summed E-state index contributed by atoms with van der Waals surface area (Å²) in [7, 11) is 0. The average Bonchev–Trinajstić information content (AvgIpc) is 3.33. The largest absolute Gasteiger partial charge is 0.472 e. The summed E-state index contributed by atoms with van der Waals surface area (Å²) in [6.07, 6.45) is 4.66. The number of amides is 2. The van der Waals surface area contributed by atoms with Crippen molar-refractivity contribution in [1.29, 1.82) is 0 Å².